The Bertz CT molecular complexity index is 986. The number of carbonyl (C=O) groups is 1. The monoisotopic (exact) mass is 445 g/mol. The first-order chi connectivity index (χ1) is 16.2. The van der Waals surface area contributed by atoms with Crippen LogP contribution in [0.2, 0.25) is 0 Å². The Labute approximate surface area is 199 Å². The molecule has 2 heterocycles. The molecule has 4 heteroatoms. The van der Waals surface area contributed by atoms with E-state index in [1.54, 1.807) is 0 Å². The van der Waals surface area contributed by atoms with E-state index in [0.29, 0.717) is 18.5 Å². The number of hydrogen-bond donors (Lipinski definition) is 1. The van der Waals surface area contributed by atoms with Gasteiger partial charge in [-0.15, -0.1) is 0 Å². The van der Waals surface area contributed by atoms with E-state index in [0.717, 1.165) is 44.5 Å². The molecule has 0 aromatic heterocycles. The number of hydrogen-bond acceptors (Lipinski definition) is 3. The number of benzene rings is 2. The smallest absolute Gasteiger partial charge is 0.255 e. The summed E-state index contributed by atoms with van der Waals surface area (Å²) in [4.78, 5) is 18.6. The zero-order valence-electron chi connectivity index (χ0n) is 20.2. The van der Waals surface area contributed by atoms with Crippen molar-refractivity contribution in [3.63, 3.8) is 0 Å². The van der Waals surface area contributed by atoms with E-state index in [4.69, 9.17) is 5.73 Å². The summed E-state index contributed by atoms with van der Waals surface area (Å²) in [6, 6.07) is 13.6. The second-order valence-corrected chi connectivity index (χ2v) is 10.4. The summed E-state index contributed by atoms with van der Waals surface area (Å²) in [5, 5.41) is 0. The number of amides is 1. The van der Waals surface area contributed by atoms with Gasteiger partial charge in [-0.25, -0.2) is 0 Å². The molecule has 0 atom stereocenters. The molecule has 1 aliphatic carbocycles. The molecule has 1 saturated carbocycles. The summed E-state index contributed by atoms with van der Waals surface area (Å²) in [5.41, 5.74) is 13.4. The van der Waals surface area contributed by atoms with Crippen molar-refractivity contribution in [2.24, 2.45) is 5.73 Å². The second-order valence-electron chi connectivity index (χ2n) is 10.4. The van der Waals surface area contributed by atoms with E-state index >= 15 is 0 Å². The van der Waals surface area contributed by atoms with Crippen molar-refractivity contribution >= 4 is 11.6 Å². The van der Waals surface area contributed by atoms with Crippen molar-refractivity contribution in [3.8, 4) is 0 Å². The third-order valence-electron chi connectivity index (χ3n) is 8.32. The fourth-order valence-electron chi connectivity index (χ4n) is 6.41. The van der Waals surface area contributed by atoms with Crippen LogP contribution in [0.15, 0.2) is 36.4 Å². The van der Waals surface area contributed by atoms with Gasteiger partial charge in [0.25, 0.3) is 5.91 Å². The standard InChI is InChI=1S/C29H39N3O/c1-21-12-13-27(28-26(21)11-6-16-32(28)25-9-3-2-4-10-25)29(33)31-17-14-23(15-18-31)24-8-5-7-22(19-24)20-30/h5,7-8,12-13,19,23,25H,2-4,6,9-11,14-18,20,30H2,1H3. The molecule has 1 saturated heterocycles. The van der Waals surface area contributed by atoms with Crippen LogP contribution in [0.5, 0.6) is 0 Å². The highest BCUT2D eigenvalue weighted by Crippen LogP contribution is 2.39. The molecule has 2 aliphatic heterocycles. The van der Waals surface area contributed by atoms with Crippen molar-refractivity contribution in [3.05, 3.63) is 64.2 Å². The van der Waals surface area contributed by atoms with Crippen LogP contribution in [-0.2, 0) is 13.0 Å². The highest BCUT2D eigenvalue weighted by molar-refractivity contribution is 6.01. The Morgan fingerprint density at radius 3 is 2.52 bits per heavy atom. The van der Waals surface area contributed by atoms with Crippen molar-refractivity contribution in [2.45, 2.75) is 83.2 Å². The molecule has 2 aromatic rings. The quantitative estimate of drug-likeness (QED) is 0.670. The molecule has 2 fully saturated rings. The van der Waals surface area contributed by atoms with Gasteiger partial charge in [-0.3, -0.25) is 4.79 Å². The molecule has 0 unspecified atom stereocenters. The Morgan fingerprint density at radius 1 is 0.970 bits per heavy atom. The third-order valence-corrected chi connectivity index (χ3v) is 8.32. The fourth-order valence-corrected chi connectivity index (χ4v) is 6.41. The molecule has 3 aliphatic rings. The minimum atomic E-state index is 0.239. The Morgan fingerprint density at radius 2 is 1.76 bits per heavy atom. The highest BCUT2D eigenvalue weighted by atomic mass is 16.2. The van der Waals surface area contributed by atoms with Crippen molar-refractivity contribution in [2.75, 3.05) is 24.5 Å². The van der Waals surface area contributed by atoms with E-state index < -0.39 is 0 Å². The van der Waals surface area contributed by atoms with Crippen LogP contribution < -0.4 is 10.6 Å². The van der Waals surface area contributed by atoms with Crippen molar-refractivity contribution in [1.29, 1.82) is 0 Å². The van der Waals surface area contributed by atoms with Crippen molar-refractivity contribution in [1.82, 2.24) is 4.90 Å². The lowest BCUT2D eigenvalue weighted by Crippen LogP contribution is -2.43. The van der Waals surface area contributed by atoms with Gasteiger partial charge >= 0.3 is 0 Å². The van der Waals surface area contributed by atoms with Crippen LogP contribution >= 0.6 is 0 Å². The maximum absolute atomic E-state index is 13.8. The van der Waals surface area contributed by atoms with Crippen LogP contribution in [-0.4, -0.2) is 36.5 Å². The topological polar surface area (TPSA) is 49.6 Å². The SMILES string of the molecule is Cc1ccc(C(=O)N2CCC(c3cccc(CN)c3)CC2)c2c1CCCN2C1CCCCC1. The lowest BCUT2D eigenvalue weighted by molar-refractivity contribution is 0.0713. The molecule has 2 N–H and O–H groups in total. The van der Waals surface area contributed by atoms with Gasteiger partial charge in [0.2, 0.25) is 0 Å². The number of nitrogens with two attached hydrogens (primary N) is 1. The Kier molecular flexibility index (Phi) is 6.73. The zero-order chi connectivity index (χ0) is 22.8. The molecule has 0 radical (unpaired) electrons. The molecule has 5 rings (SSSR count). The van der Waals surface area contributed by atoms with Gasteiger partial charge in [-0.2, -0.15) is 0 Å². The van der Waals surface area contributed by atoms with Gasteiger partial charge in [-0.05, 0) is 79.7 Å². The van der Waals surface area contributed by atoms with Crippen LogP contribution in [0.3, 0.4) is 0 Å². The fraction of sp³-hybridized carbons (Fsp3) is 0.552. The number of piperidine rings is 1. The lowest BCUT2D eigenvalue weighted by atomic mass is 9.87. The summed E-state index contributed by atoms with van der Waals surface area (Å²) < 4.78 is 0. The van der Waals surface area contributed by atoms with Gasteiger partial charge in [0, 0.05) is 32.2 Å². The number of rotatable bonds is 4. The number of carbonyl (C=O) groups excluding carboxylic acids is 1. The largest absolute Gasteiger partial charge is 0.368 e. The van der Waals surface area contributed by atoms with Crippen LogP contribution in [0.4, 0.5) is 5.69 Å². The number of fused-ring (bicyclic) bond motifs is 1. The van der Waals surface area contributed by atoms with Crippen LogP contribution in [0, 0.1) is 6.92 Å². The maximum atomic E-state index is 13.8. The predicted molar refractivity (Wildman–Crippen MR) is 136 cm³/mol. The third kappa shape index (κ3) is 4.55. The average molecular weight is 446 g/mol. The van der Waals surface area contributed by atoms with Gasteiger partial charge in [0.15, 0.2) is 0 Å². The molecule has 4 nitrogen and oxygen atoms in total. The summed E-state index contributed by atoms with van der Waals surface area (Å²) in [6.45, 7) is 5.57. The van der Waals surface area contributed by atoms with Gasteiger partial charge in [-0.1, -0.05) is 49.6 Å². The predicted octanol–water partition coefficient (Wildman–Crippen LogP) is 5.56. The first kappa shape index (κ1) is 22.5. The van der Waals surface area contributed by atoms with Crippen LogP contribution in [0.25, 0.3) is 0 Å². The summed E-state index contributed by atoms with van der Waals surface area (Å²) in [5.74, 6) is 0.759. The zero-order valence-corrected chi connectivity index (χ0v) is 20.2. The molecule has 0 bridgehead atoms. The molecule has 0 spiro atoms. The first-order valence-electron chi connectivity index (χ1n) is 13.1. The average Bonchev–Trinajstić information content (AvgIpc) is 2.89. The molecule has 1 amide bonds. The molecule has 2 aromatic carbocycles. The normalized spacial score (nSPS) is 20.1. The lowest BCUT2D eigenvalue weighted by Gasteiger charge is -2.42. The Hall–Kier alpha value is -2.33. The second kappa shape index (κ2) is 9.89. The Balaban J connectivity index is 1.36. The van der Waals surface area contributed by atoms with Crippen LogP contribution in [0.1, 0.15) is 89.9 Å². The minimum absolute atomic E-state index is 0.239. The first-order valence-corrected chi connectivity index (χ1v) is 13.1. The highest BCUT2D eigenvalue weighted by Gasteiger charge is 2.33. The molecule has 176 valence electrons. The van der Waals surface area contributed by atoms with E-state index in [-0.39, 0.29) is 5.91 Å². The summed E-state index contributed by atoms with van der Waals surface area (Å²) in [7, 11) is 0. The molecular formula is C29H39N3O. The van der Waals surface area contributed by atoms with E-state index in [9.17, 15) is 4.79 Å². The van der Waals surface area contributed by atoms with Gasteiger partial charge in [0.1, 0.15) is 0 Å². The minimum Gasteiger partial charge on any atom is -0.368 e. The maximum Gasteiger partial charge on any atom is 0.255 e. The summed E-state index contributed by atoms with van der Waals surface area (Å²) in [6.07, 6.45) is 10.9. The summed E-state index contributed by atoms with van der Waals surface area (Å²) >= 11 is 0. The number of aryl methyl sites for hydroxylation is 1. The van der Waals surface area contributed by atoms with E-state index in [1.165, 1.54) is 66.5 Å². The van der Waals surface area contributed by atoms with Crippen molar-refractivity contribution < 1.29 is 4.79 Å². The molecule has 33 heavy (non-hydrogen) atoms. The van der Waals surface area contributed by atoms with Gasteiger partial charge in [0.05, 0.1) is 11.3 Å². The van der Waals surface area contributed by atoms with E-state index in [1.807, 2.05) is 0 Å². The number of anilines is 1. The van der Waals surface area contributed by atoms with E-state index in [2.05, 4.69) is 53.1 Å². The molecular weight excluding hydrogens is 406 g/mol. The number of nitrogens with zero attached hydrogens (tertiary/aromatic N) is 2. The van der Waals surface area contributed by atoms with Gasteiger partial charge < -0.3 is 15.5 Å². The number of likely N-dealkylation sites (tertiary alicyclic amines) is 1.